The summed E-state index contributed by atoms with van der Waals surface area (Å²) in [6, 6.07) is 10.4. The van der Waals surface area contributed by atoms with Crippen molar-refractivity contribution in [1.29, 1.82) is 0 Å². The molecule has 0 radical (unpaired) electrons. The van der Waals surface area contributed by atoms with Crippen LogP contribution in [0.15, 0.2) is 36.4 Å². The zero-order valence-electron chi connectivity index (χ0n) is 14.6. The molecule has 0 aliphatic carbocycles. The SMILES string of the molecule is COc1cc(-c2n[nH]c(C(N)c3ccc(Cl)cc3)n2)cc(OC)c1OC. The summed E-state index contributed by atoms with van der Waals surface area (Å²) in [6.07, 6.45) is 0. The van der Waals surface area contributed by atoms with Crippen LogP contribution in [0, 0.1) is 0 Å². The fourth-order valence-electron chi connectivity index (χ4n) is 2.58. The molecule has 0 fully saturated rings. The van der Waals surface area contributed by atoms with Crippen LogP contribution >= 0.6 is 11.6 Å². The van der Waals surface area contributed by atoms with Crippen LogP contribution in [0.2, 0.25) is 5.02 Å². The Morgan fingerprint density at radius 2 is 1.62 bits per heavy atom. The second-order valence-corrected chi connectivity index (χ2v) is 5.92. The van der Waals surface area contributed by atoms with Crippen LogP contribution < -0.4 is 19.9 Å². The van der Waals surface area contributed by atoms with E-state index in [4.69, 9.17) is 31.5 Å². The van der Waals surface area contributed by atoms with Crippen molar-refractivity contribution >= 4 is 11.6 Å². The smallest absolute Gasteiger partial charge is 0.203 e. The van der Waals surface area contributed by atoms with Crippen LogP contribution in [0.25, 0.3) is 11.4 Å². The Morgan fingerprint density at radius 1 is 1.00 bits per heavy atom. The van der Waals surface area contributed by atoms with E-state index < -0.39 is 6.04 Å². The van der Waals surface area contributed by atoms with Crippen LogP contribution in [0.1, 0.15) is 17.4 Å². The van der Waals surface area contributed by atoms with Crippen molar-refractivity contribution in [2.24, 2.45) is 5.73 Å². The first-order valence-electron chi connectivity index (χ1n) is 7.81. The predicted molar refractivity (Wildman–Crippen MR) is 99.0 cm³/mol. The number of nitrogens with one attached hydrogen (secondary N) is 1. The van der Waals surface area contributed by atoms with Gasteiger partial charge in [-0.25, -0.2) is 4.98 Å². The number of H-pyrrole nitrogens is 1. The largest absolute Gasteiger partial charge is 0.493 e. The van der Waals surface area contributed by atoms with E-state index in [1.54, 1.807) is 45.6 Å². The highest BCUT2D eigenvalue weighted by atomic mass is 35.5. The molecule has 3 N–H and O–H groups in total. The molecule has 0 aliphatic heterocycles. The Morgan fingerprint density at radius 3 is 2.15 bits per heavy atom. The summed E-state index contributed by atoms with van der Waals surface area (Å²) in [7, 11) is 4.66. The number of nitrogens with two attached hydrogens (primary N) is 1. The average molecular weight is 375 g/mol. The first-order valence-corrected chi connectivity index (χ1v) is 8.19. The zero-order valence-corrected chi connectivity index (χ0v) is 15.4. The molecule has 8 heteroatoms. The molecule has 2 aromatic carbocycles. The van der Waals surface area contributed by atoms with E-state index in [-0.39, 0.29) is 0 Å². The minimum atomic E-state index is -0.449. The van der Waals surface area contributed by atoms with E-state index in [0.29, 0.717) is 39.5 Å². The molecule has 0 aliphatic rings. The van der Waals surface area contributed by atoms with E-state index in [2.05, 4.69) is 15.2 Å². The van der Waals surface area contributed by atoms with Crippen molar-refractivity contribution in [1.82, 2.24) is 15.2 Å². The van der Waals surface area contributed by atoms with Gasteiger partial charge in [-0.05, 0) is 29.8 Å². The van der Waals surface area contributed by atoms with Crippen LogP contribution in [-0.2, 0) is 0 Å². The van der Waals surface area contributed by atoms with Crippen molar-refractivity contribution in [3.05, 3.63) is 52.8 Å². The lowest BCUT2D eigenvalue weighted by atomic mass is 10.1. The maximum absolute atomic E-state index is 6.27. The fraction of sp³-hybridized carbons (Fsp3) is 0.222. The lowest BCUT2D eigenvalue weighted by molar-refractivity contribution is 0.324. The summed E-state index contributed by atoms with van der Waals surface area (Å²) in [4.78, 5) is 4.51. The summed E-state index contributed by atoms with van der Waals surface area (Å²) >= 11 is 5.92. The molecular formula is C18H19ClN4O3. The number of aromatic nitrogens is 3. The monoisotopic (exact) mass is 374 g/mol. The maximum atomic E-state index is 6.27. The van der Waals surface area contributed by atoms with Crippen molar-refractivity contribution in [3.8, 4) is 28.6 Å². The molecule has 0 amide bonds. The van der Waals surface area contributed by atoms with Gasteiger partial charge in [-0.2, -0.15) is 5.10 Å². The third kappa shape index (κ3) is 3.44. The van der Waals surface area contributed by atoms with Gasteiger partial charge in [0, 0.05) is 10.6 Å². The van der Waals surface area contributed by atoms with Gasteiger partial charge in [0.25, 0.3) is 0 Å². The highest BCUT2D eigenvalue weighted by molar-refractivity contribution is 6.30. The Kier molecular flexibility index (Phi) is 5.29. The quantitative estimate of drug-likeness (QED) is 0.688. The van der Waals surface area contributed by atoms with E-state index in [1.165, 1.54) is 0 Å². The second-order valence-electron chi connectivity index (χ2n) is 5.49. The summed E-state index contributed by atoms with van der Waals surface area (Å²) in [5.41, 5.74) is 7.86. The topological polar surface area (TPSA) is 95.3 Å². The van der Waals surface area contributed by atoms with Crippen LogP contribution in [0.4, 0.5) is 0 Å². The van der Waals surface area contributed by atoms with Gasteiger partial charge >= 0.3 is 0 Å². The van der Waals surface area contributed by atoms with Crippen LogP contribution in [0.3, 0.4) is 0 Å². The number of nitrogens with zero attached hydrogens (tertiary/aromatic N) is 2. The van der Waals surface area contributed by atoms with Crippen molar-refractivity contribution < 1.29 is 14.2 Å². The molecule has 3 rings (SSSR count). The van der Waals surface area contributed by atoms with Crippen molar-refractivity contribution in [2.45, 2.75) is 6.04 Å². The highest BCUT2D eigenvalue weighted by Crippen LogP contribution is 2.40. The van der Waals surface area contributed by atoms with Gasteiger partial charge in [0.2, 0.25) is 5.75 Å². The number of benzene rings is 2. The molecule has 0 saturated heterocycles. The van der Waals surface area contributed by atoms with Gasteiger partial charge < -0.3 is 19.9 Å². The maximum Gasteiger partial charge on any atom is 0.203 e. The standard InChI is InChI=1S/C18H19ClN4O3/c1-24-13-8-11(9-14(25-2)16(13)26-3)17-21-18(23-22-17)15(20)10-4-6-12(19)7-5-10/h4-9,15H,20H2,1-3H3,(H,21,22,23). The molecule has 0 bridgehead atoms. The number of ether oxygens (including phenoxy) is 3. The summed E-state index contributed by atoms with van der Waals surface area (Å²) in [5, 5.41) is 7.80. The first kappa shape index (κ1) is 18.0. The third-order valence-electron chi connectivity index (χ3n) is 3.95. The normalized spacial score (nSPS) is 11.9. The summed E-state index contributed by atoms with van der Waals surface area (Å²) in [6.45, 7) is 0. The molecular weight excluding hydrogens is 356 g/mol. The Labute approximate surface area is 156 Å². The van der Waals surface area contributed by atoms with Gasteiger partial charge in [0.15, 0.2) is 17.3 Å². The molecule has 3 aromatic rings. The number of rotatable bonds is 6. The number of aromatic amines is 1. The Balaban J connectivity index is 1.95. The second kappa shape index (κ2) is 7.63. The lowest BCUT2D eigenvalue weighted by Gasteiger charge is -2.13. The number of halogens is 1. The minimum Gasteiger partial charge on any atom is -0.493 e. The molecule has 1 atom stereocenters. The average Bonchev–Trinajstić information content (AvgIpc) is 3.17. The van der Waals surface area contributed by atoms with Gasteiger partial charge in [-0.1, -0.05) is 23.7 Å². The van der Waals surface area contributed by atoms with Crippen LogP contribution in [0.5, 0.6) is 17.2 Å². The van der Waals surface area contributed by atoms with Gasteiger partial charge in [0.05, 0.1) is 27.4 Å². The minimum absolute atomic E-state index is 0.449. The summed E-state index contributed by atoms with van der Waals surface area (Å²) < 4.78 is 16.1. The van der Waals surface area contributed by atoms with Crippen molar-refractivity contribution in [3.63, 3.8) is 0 Å². The number of hydrogen-bond acceptors (Lipinski definition) is 6. The summed E-state index contributed by atoms with van der Waals surface area (Å²) in [5.74, 6) is 2.57. The molecule has 1 heterocycles. The van der Waals surface area contributed by atoms with Gasteiger partial charge in [-0.15, -0.1) is 0 Å². The molecule has 7 nitrogen and oxygen atoms in total. The molecule has 1 unspecified atom stereocenters. The van der Waals surface area contributed by atoms with Gasteiger partial charge in [0.1, 0.15) is 5.82 Å². The molecule has 136 valence electrons. The first-order chi connectivity index (χ1) is 12.6. The molecule has 26 heavy (non-hydrogen) atoms. The molecule has 0 saturated carbocycles. The van der Waals surface area contributed by atoms with Crippen molar-refractivity contribution in [2.75, 3.05) is 21.3 Å². The number of hydrogen-bond donors (Lipinski definition) is 2. The Hall–Kier alpha value is -2.77. The van der Waals surface area contributed by atoms with E-state index >= 15 is 0 Å². The molecule has 0 spiro atoms. The van der Waals surface area contributed by atoms with Gasteiger partial charge in [-0.3, -0.25) is 5.10 Å². The zero-order chi connectivity index (χ0) is 18.7. The fourth-order valence-corrected chi connectivity index (χ4v) is 2.71. The van der Waals surface area contributed by atoms with E-state index in [1.807, 2.05) is 12.1 Å². The van der Waals surface area contributed by atoms with E-state index in [9.17, 15) is 0 Å². The Bertz CT molecular complexity index is 871. The highest BCUT2D eigenvalue weighted by Gasteiger charge is 2.18. The van der Waals surface area contributed by atoms with E-state index in [0.717, 1.165) is 5.56 Å². The lowest BCUT2D eigenvalue weighted by Crippen LogP contribution is -2.13. The molecule has 1 aromatic heterocycles. The number of methoxy groups -OCH3 is 3. The van der Waals surface area contributed by atoms with Crippen LogP contribution in [-0.4, -0.2) is 36.5 Å². The third-order valence-corrected chi connectivity index (χ3v) is 4.20. The predicted octanol–water partition coefficient (Wildman–Crippen LogP) is 3.20.